The van der Waals surface area contributed by atoms with Crippen molar-refractivity contribution in [3.05, 3.63) is 84.2 Å². The summed E-state index contributed by atoms with van der Waals surface area (Å²) >= 11 is 0. The highest BCUT2D eigenvalue weighted by Gasteiger charge is 2.17. The normalized spacial score (nSPS) is 12.9. The number of halogens is 1. The number of aromatic nitrogens is 2. The van der Waals surface area contributed by atoms with Crippen LogP contribution in [-0.2, 0) is 17.8 Å². The second kappa shape index (κ2) is 9.84. The Labute approximate surface area is 169 Å². The van der Waals surface area contributed by atoms with Gasteiger partial charge in [0.15, 0.2) is 11.6 Å². The van der Waals surface area contributed by atoms with Crippen molar-refractivity contribution in [3.63, 3.8) is 0 Å². The minimum atomic E-state index is -0.726. The molecule has 3 N–H and O–H groups in total. The van der Waals surface area contributed by atoms with Gasteiger partial charge in [0.25, 0.3) is 0 Å². The van der Waals surface area contributed by atoms with E-state index in [9.17, 15) is 9.18 Å². The van der Waals surface area contributed by atoms with Crippen molar-refractivity contribution in [2.45, 2.75) is 32.0 Å². The number of amides is 1. The zero-order valence-electron chi connectivity index (χ0n) is 16.3. The molecular weight excluding hydrogens is 371 g/mol. The quantitative estimate of drug-likeness (QED) is 0.582. The third-order valence-corrected chi connectivity index (χ3v) is 4.39. The van der Waals surface area contributed by atoms with Crippen molar-refractivity contribution >= 4 is 5.91 Å². The summed E-state index contributed by atoms with van der Waals surface area (Å²) in [4.78, 5) is 16.6. The van der Waals surface area contributed by atoms with Gasteiger partial charge < -0.3 is 20.4 Å². The maximum atomic E-state index is 13.6. The van der Waals surface area contributed by atoms with Crippen molar-refractivity contribution < 1.29 is 13.9 Å². The van der Waals surface area contributed by atoms with E-state index < -0.39 is 18.0 Å². The molecule has 152 valence electrons. The first kappa shape index (κ1) is 20.5. The van der Waals surface area contributed by atoms with Crippen LogP contribution in [-0.4, -0.2) is 34.1 Å². The second-order valence-electron chi connectivity index (χ2n) is 6.94. The van der Waals surface area contributed by atoms with E-state index in [-0.39, 0.29) is 18.2 Å². The zero-order chi connectivity index (χ0) is 20.6. The molecule has 1 heterocycles. The van der Waals surface area contributed by atoms with Crippen LogP contribution in [0.15, 0.2) is 67.1 Å². The van der Waals surface area contributed by atoms with E-state index in [0.717, 1.165) is 5.69 Å². The lowest BCUT2D eigenvalue weighted by molar-refractivity contribution is -0.122. The van der Waals surface area contributed by atoms with E-state index in [1.54, 1.807) is 31.5 Å². The van der Waals surface area contributed by atoms with Gasteiger partial charge in [-0.1, -0.05) is 42.5 Å². The summed E-state index contributed by atoms with van der Waals surface area (Å²) in [6.07, 6.45) is 3.56. The highest BCUT2D eigenvalue weighted by atomic mass is 19.1. The SMILES string of the molecule is CC(CNC(=O)[C@@H](N)Cc1cn(Cc2ccccc2)cn1)Oc1ccccc1F. The first-order valence-corrected chi connectivity index (χ1v) is 9.50. The van der Waals surface area contributed by atoms with Crippen LogP contribution in [0.25, 0.3) is 0 Å². The fourth-order valence-electron chi connectivity index (χ4n) is 2.88. The molecule has 0 spiro atoms. The summed E-state index contributed by atoms with van der Waals surface area (Å²) in [6, 6.07) is 15.5. The Morgan fingerprint density at radius 3 is 2.69 bits per heavy atom. The van der Waals surface area contributed by atoms with Crippen molar-refractivity contribution in [1.29, 1.82) is 0 Å². The lowest BCUT2D eigenvalue weighted by Crippen LogP contribution is -2.45. The van der Waals surface area contributed by atoms with Gasteiger partial charge in [-0.25, -0.2) is 9.37 Å². The van der Waals surface area contributed by atoms with Gasteiger partial charge in [-0.3, -0.25) is 4.79 Å². The summed E-state index contributed by atoms with van der Waals surface area (Å²) in [6.45, 7) is 2.69. The molecule has 0 saturated heterocycles. The molecule has 0 aliphatic heterocycles. The number of benzene rings is 2. The molecule has 29 heavy (non-hydrogen) atoms. The highest BCUT2D eigenvalue weighted by molar-refractivity contribution is 5.81. The Hall–Kier alpha value is -3.19. The molecule has 0 aliphatic carbocycles. The van der Waals surface area contributed by atoms with E-state index in [0.29, 0.717) is 13.0 Å². The Bertz CT molecular complexity index is 929. The van der Waals surface area contributed by atoms with Crippen LogP contribution in [0, 0.1) is 5.82 Å². The smallest absolute Gasteiger partial charge is 0.237 e. The maximum Gasteiger partial charge on any atom is 0.237 e. The van der Waals surface area contributed by atoms with Crippen LogP contribution < -0.4 is 15.8 Å². The molecule has 2 atom stereocenters. The summed E-state index contributed by atoms with van der Waals surface area (Å²) in [5, 5.41) is 2.74. The predicted molar refractivity (Wildman–Crippen MR) is 109 cm³/mol. The molecular formula is C22H25FN4O2. The number of carbonyl (C=O) groups is 1. The number of nitrogens with zero attached hydrogens (tertiary/aromatic N) is 2. The van der Waals surface area contributed by atoms with Gasteiger partial charge in [-0.15, -0.1) is 0 Å². The van der Waals surface area contributed by atoms with Gasteiger partial charge in [0.1, 0.15) is 6.10 Å². The van der Waals surface area contributed by atoms with Crippen LogP contribution in [0.5, 0.6) is 5.75 Å². The summed E-state index contributed by atoms with van der Waals surface area (Å²) in [7, 11) is 0. The fourth-order valence-corrected chi connectivity index (χ4v) is 2.88. The van der Waals surface area contributed by atoms with Crippen LogP contribution in [0.2, 0.25) is 0 Å². The zero-order valence-corrected chi connectivity index (χ0v) is 16.3. The Kier molecular flexibility index (Phi) is 6.97. The molecule has 7 heteroatoms. The molecule has 2 aromatic carbocycles. The van der Waals surface area contributed by atoms with Crippen LogP contribution in [0.1, 0.15) is 18.2 Å². The predicted octanol–water partition coefficient (Wildman–Crippen LogP) is 2.52. The highest BCUT2D eigenvalue weighted by Crippen LogP contribution is 2.16. The number of rotatable bonds is 9. The molecule has 1 amide bonds. The minimum absolute atomic E-state index is 0.155. The van der Waals surface area contributed by atoms with E-state index in [1.165, 1.54) is 11.6 Å². The van der Waals surface area contributed by atoms with Crippen LogP contribution in [0.4, 0.5) is 4.39 Å². The van der Waals surface area contributed by atoms with Crippen LogP contribution >= 0.6 is 0 Å². The summed E-state index contributed by atoms with van der Waals surface area (Å²) in [5.41, 5.74) is 7.93. The second-order valence-corrected chi connectivity index (χ2v) is 6.94. The number of ether oxygens (including phenoxy) is 1. The molecule has 1 unspecified atom stereocenters. The number of nitrogens with two attached hydrogens (primary N) is 1. The first-order chi connectivity index (χ1) is 14.0. The number of carbonyl (C=O) groups excluding carboxylic acids is 1. The number of nitrogens with one attached hydrogen (secondary N) is 1. The topological polar surface area (TPSA) is 82.2 Å². The van der Waals surface area contributed by atoms with Gasteiger partial charge in [-0.2, -0.15) is 0 Å². The molecule has 0 saturated carbocycles. The van der Waals surface area contributed by atoms with Crippen LogP contribution in [0.3, 0.4) is 0 Å². The lowest BCUT2D eigenvalue weighted by Gasteiger charge is -2.17. The Morgan fingerprint density at radius 1 is 1.21 bits per heavy atom. The average molecular weight is 396 g/mol. The largest absolute Gasteiger partial charge is 0.486 e. The standard InChI is InChI=1S/C22H25FN4O2/c1-16(29-21-10-6-5-9-19(21)23)12-25-22(28)20(24)11-18-14-27(15-26-18)13-17-7-3-2-4-8-17/h2-10,14-16,20H,11-13,24H2,1H3,(H,25,28)/t16?,20-/m0/s1. The van der Waals surface area contributed by atoms with Crippen molar-refractivity contribution in [3.8, 4) is 5.75 Å². The Morgan fingerprint density at radius 2 is 1.93 bits per heavy atom. The van der Waals surface area contributed by atoms with Gasteiger partial charge >= 0.3 is 0 Å². The molecule has 3 aromatic rings. The third-order valence-electron chi connectivity index (χ3n) is 4.39. The molecule has 3 rings (SSSR count). The third kappa shape index (κ3) is 6.15. The number of para-hydroxylation sites is 1. The lowest BCUT2D eigenvalue weighted by atomic mass is 10.1. The first-order valence-electron chi connectivity index (χ1n) is 9.50. The number of hydrogen-bond acceptors (Lipinski definition) is 4. The average Bonchev–Trinajstić information content (AvgIpc) is 3.15. The number of imidazole rings is 1. The van der Waals surface area contributed by atoms with Gasteiger partial charge in [0.05, 0.1) is 24.6 Å². The monoisotopic (exact) mass is 396 g/mol. The fraction of sp³-hybridized carbons (Fsp3) is 0.273. The molecule has 6 nitrogen and oxygen atoms in total. The maximum absolute atomic E-state index is 13.6. The minimum Gasteiger partial charge on any atom is -0.486 e. The van der Waals surface area contributed by atoms with Gasteiger partial charge in [0.2, 0.25) is 5.91 Å². The number of hydrogen-bond donors (Lipinski definition) is 2. The summed E-state index contributed by atoms with van der Waals surface area (Å²) in [5.74, 6) is -0.581. The molecule has 0 bridgehead atoms. The van der Waals surface area contributed by atoms with Crippen molar-refractivity contribution in [2.24, 2.45) is 5.73 Å². The van der Waals surface area contributed by atoms with Gasteiger partial charge in [-0.05, 0) is 24.6 Å². The molecule has 1 aromatic heterocycles. The van der Waals surface area contributed by atoms with E-state index in [1.807, 2.05) is 41.1 Å². The summed E-state index contributed by atoms with van der Waals surface area (Å²) < 4.78 is 21.1. The van der Waals surface area contributed by atoms with Crippen molar-refractivity contribution in [2.75, 3.05) is 6.54 Å². The van der Waals surface area contributed by atoms with E-state index in [4.69, 9.17) is 10.5 Å². The Balaban J connectivity index is 1.45. The molecule has 0 aliphatic rings. The molecule has 0 radical (unpaired) electrons. The van der Waals surface area contributed by atoms with Crippen molar-refractivity contribution in [1.82, 2.24) is 14.9 Å². The van der Waals surface area contributed by atoms with E-state index >= 15 is 0 Å². The molecule has 0 fully saturated rings. The van der Waals surface area contributed by atoms with Gasteiger partial charge in [0, 0.05) is 19.2 Å². The van der Waals surface area contributed by atoms with E-state index in [2.05, 4.69) is 10.3 Å².